The Hall–Kier alpha value is -4.11. The van der Waals surface area contributed by atoms with E-state index < -0.39 is 23.7 Å². The number of carbonyl (C=O) groups excluding carboxylic acids is 1. The summed E-state index contributed by atoms with van der Waals surface area (Å²) in [7, 11) is 0. The number of benzene rings is 3. The van der Waals surface area contributed by atoms with Crippen molar-refractivity contribution in [2.45, 2.75) is 13.1 Å². The number of alkyl halides is 3. The lowest BCUT2D eigenvalue weighted by Gasteiger charge is -2.11. The van der Waals surface area contributed by atoms with Crippen LogP contribution in [0.25, 0.3) is 16.9 Å². The summed E-state index contributed by atoms with van der Waals surface area (Å²) in [6.45, 7) is 1.72. The summed E-state index contributed by atoms with van der Waals surface area (Å²) in [6, 6.07) is 17.6. The molecule has 0 aliphatic heterocycles. The number of carboxylic acid groups (broad SMARTS) is 1. The number of halogens is 4. The fraction of sp³-hybridized carbons (Fsp3) is 0.0800. The van der Waals surface area contributed by atoms with E-state index in [0.29, 0.717) is 16.8 Å². The van der Waals surface area contributed by atoms with E-state index in [1.54, 1.807) is 37.3 Å². The quantitative estimate of drug-likeness (QED) is 0.329. The molecule has 0 spiro atoms. The molecule has 178 valence electrons. The molecule has 35 heavy (non-hydrogen) atoms. The molecule has 0 unspecified atom stereocenters. The zero-order valence-electron chi connectivity index (χ0n) is 18.1. The van der Waals surface area contributed by atoms with Gasteiger partial charge in [0.1, 0.15) is 0 Å². The largest absolute Gasteiger partial charge is 0.478 e. The van der Waals surface area contributed by atoms with Gasteiger partial charge in [-0.15, -0.1) is 0 Å². The smallest absolute Gasteiger partial charge is 0.435 e. The lowest BCUT2D eigenvalue weighted by atomic mass is 10.1. The van der Waals surface area contributed by atoms with Gasteiger partial charge in [0.15, 0.2) is 5.69 Å². The Labute approximate surface area is 202 Å². The zero-order valence-corrected chi connectivity index (χ0v) is 18.9. The molecule has 1 amide bonds. The van der Waals surface area contributed by atoms with Crippen molar-refractivity contribution in [3.8, 4) is 16.9 Å². The predicted octanol–water partition coefficient (Wildman–Crippen LogP) is 6.47. The zero-order chi connectivity index (χ0) is 25.3. The van der Waals surface area contributed by atoms with Crippen LogP contribution in [-0.4, -0.2) is 26.8 Å². The summed E-state index contributed by atoms with van der Waals surface area (Å²) in [5.41, 5.74) is 0.978. The first-order valence-corrected chi connectivity index (χ1v) is 10.6. The number of carbonyl (C=O) groups is 2. The average Bonchev–Trinajstić information content (AvgIpc) is 3.26. The molecule has 0 saturated heterocycles. The Kier molecular flexibility index (Phi) is 6.36. The van der Waals surface area contributed by atoms with Gasteiger partial charge in [-0.25, -0.2) is 9.48 Å². The van der Waals surface area contributed by atoms with Gasteiger partial charge in [-0.1, -0.05) is 41.9 Å². The molecule has 0 fully saturated rings. The summed E-state index contributed by atoms with van der Waals surface area (Å²) < 4.78 is 41.3. The van der Waals surface area contributed by atoms with Gasteiger partial charge < -0.3 is 10.4 Å². The highest BCUT2D eigenvalue weighted by atomic mass is 35.5. The summed E-state index contributed by atoms with van der Waals surface area (Å²) in [5.74, 6) is -1.63. The van der Waals surface area contributed by atoms with Gasteiger partial charge in [0.25, 0.3) is 5.91 Å². The lowest BCUT2D eigenvalue weighted by Crippen LogP contribution is -2.13. The topological polar surface area (TPSA) is 84.2 Å². The van der Waals surface area contributed by atoms with Gasteiger partial charge in [0.05, 0.1) is 22.0 Å². The van der Waals surface area contributed by atoms with Crippen LogP contribution in [0.4, 0.5) is 18.9 Å². The Bertz CT molecular complexity index is 1430. The van der Waals surface area contributed by atoms with E-state index in [9.17, 15) is 22.8 Å². The highest BCUT2D eigenvalue weighted by Gasteiger charge is 2.35. The van der Waals surface area contributed by atoms with Gasteiger partial charge in [-0.2, -0.15) is 18.3 Å². The molecule has 0 atom stereocenters. The van der Waals surface area contributed by atoms with Gasteiger partial charge in [-0.3, -0.25) is 4.79 Å². The molecular weight excluding hydrogens is 483 g/mol. The second-order valence-corrected chi connectivity index (χ2v) is 8.05. The SMILES string of the molecule is Cc1ccc(C(=O)O)cc1NC(=O)c1ccc(-c2cc(C(F)(F)F)nn2-c2ccccc2Cl)cc1. The van der Waals surface area contributed by atoms with E-state index in [0.717, 1.165) is 10.7 Å². The molecule has 4 aromatic rings. The normalized spacial score (nSPS) is 11.3. The number of aromatic carboxylic acids is 1. The van der Waals surface area contributed by atoms with Gasteiger partial charge in [-0.05, 0) is 55.0 Å². The van der Waals surface area contributed by atoms with Gasteiger partial charge >= 0.3 is 12.1 Å². The van der Waals surface area contributed by atoms with Gasteiger partial charge in [0.2, 0.25) is 0 Å². The molecule has 0 bridgehead atoms. The number of anilines is 1. The van der Waals surface area contributed by atoms with Crippen LogP contribution in [0.3, 0.4) is 0 Å². The lowest BCUT2D eigenvalue weighted by molar-refractivity contribution is -0.141. The minimum atomic E-state index is -4.66. The number of hydrogen-bond donors (Lipinski definition) is 2. The fourth-order valence-electron chi connectivity index (χ4n) is 3.41. The third-order valence-corrected chi connectivity index (χ3v) is 5.58. The summed E-state index contributed by atoms with van der Waals surface area (Å²) in [6.07, 6.45) is -4.66. The van der Waals surface area contributed by atoms with Crippen molar-refractivity contribution < 1.29 is 27.9 Å². The standard InChI is InChI=1S/C25H17ClF3N3O3/c1-14-6-7-17(24(34)35)12-19(14)30-23(33)16-10-8-15(9-11-16)21-13-22(25(27,28)29)31-32(21)20-5-3-2-4-18(20)26/h2-13H,1H3,(H,30,33)(H,34,35). The first-order valence-electron chi connectivity index (χ1n) is 10.2. The molecule has 0 aliphatic carbocycles. The first kappa shape index (κ1) is 24.0. The number of amides is 1. The maximum atomic E-state index is 13.4. The molecule has 3 aromatic carbocycles. The highest BCUT2D eigenvalue weighted by molar-refractivity contribution is 6.32. The first-order chi connectivity index (χ1) is 16.5. The van der Waals surface area contributed by atoms with E-state index >= 15 is 0 Å². The molecule has 6 nitrogen and oxygen atoms in total. The van der Waals surface area contributed by atoms with Crippen LogP contribution in [0.1, 0.15) is 32.0 Å². The number of hydrogen-bond acceptors (Lipinski definition) is 3. The molecule has 4 rings (SSSR count). The predicted molar refractivity (Wildman–Crippen MR) is 125 cm³/mol. The van der Waals surface area contributed by atoms with E-state index in [-0.39, 0.29) is 27.5 Å². The molecular formula is C25H17ClF3N3O3. The van der Waals surface area contributed by atoms with E-state index in [2.05, 4.69) is 10.4 Å². The maximum absolute atomic E-state index is 13.4. The van der Waals surface area contributed by atoms with Crippen LogP contribution in [0.5, 0.6) is 0 Å². The van der Waals surface area contributed by atoms with Gasteiger partial charge in [0, 0.05) is 16.8 Å². The third-order valence-electron chi connectivity index (χ3n) is 5.26. The molecule has 0 saturated carbocycles. The van der Waals surface area contributed by atoms with Crippen molar-refractivity contribution in [1.82, 2.24) is 9.78 Å². The minimum absolute atomic E-state index is 0.0227. The Morgan fingerprint density at radius 2 is 1.63 bits per heavy atom. The highest BCUT2D eigenvalue weighted by Crippen LogP contribution is 2.34. The molecule has 0 radical (unpaired) electrons. The van der Waals surface area contributed by atoms with Crippen molar-refractivity contribution in [3.05, 3.63) is 100 Å². The molecule has 1 heterocycles. The van der Waals surface area contributed by atoms with Crippen LogP contribution < -0.4 is 5.32 Å². The number of aromatic nitrogens is 2. The monoisotopic (exact) mass is 499 g/mol. The third kappa shape index (κ3) is 5.04. The van der Waals surface area contributed by atoms with Crippen LogP contribution in [0, 0.1) is 6.92 Å². The van der Waals surface area contributed by atoms with Crippen LogP contribution in [-0.2, 0) is 6.18 Å². The van der Waals surface area contributed by atoms with Crippen molar-refractivity contribution in [3.63, 3.8) is 0 Å². The number of aryl methyl sites for hydroxylation is 1. The van der Waals surface area contributed by atoms with Crippen LogP contribution >= 0.6 is 11.6 Å². The number of carboxylic acids is 1. The van der Waals surface area contributed by atoms with Crippen molar-refractivity contribution >= 4 is 29.2 Å². The molecule has 2 N–H and O–H groups in total. The molecule has 10 heteroatoms. The number of nitrogens with one attached hydrogen (secondary N) is 1. The van der Waals surface area contributed by atoms with E-state index in [4.69, 9.17) is 16.7 Å². The van der Waals surface area contributed by atoms with Crippen molar-refractivity contribution in [1.29, 1.82) is 0 Å². The average molecular weight is 500 g/mol. The Morgan fingerprint density at radius 1 is 0.971 bits per heavy atom. The summed E-state index contributed by atoms with van der Waals surface area (Å²) >= 11 is 6.20. The maximum Gasteiger partial charge on any atom is 0.435 e. The van der Waals surface area contributed by atoms with Crippen molar-refractivity contribution in [2.75, 3.05) is 5.32 Å². The molecule has 1 aromatic heterocycles. The summed E-state index contributed by atoms with van der Waals surface area (Å²) in [5, 5.41) is 15.8. The summed E-state index contributed by atoms with van der Waals surface area (Å²) in [4.78, 5) is 23.9. The number of nitrogens with zero attached hydrogens (tertiary/aromatic N) is 2. The Balaban J connectivity index is 1.67. The van der Waals surface area contributed by atoms with Crippen LogP contribution in [0.2, 0.25) is 5.02 Å². The molecule has 0 aliphatic rings. The number of rotatable bonds is 5. The number of para-hydroxylation sites is 1. The second kappa shape index (κ2) is 9.27. The van der Waals surface area contributed by atoms with E-state index in [1.807, 2.05) is 0 Å². The second-order valence-electron chi connectivity index (χ2n) is 7.64. The van der Waals surface area contributed by atoms with Crippen LogP contribution in [0.15, 0.2) is 72.8 Å². The minimum Gasteiger partial charge on any atom is -0.478 e. The fourth-order valence-corrected chi connectivity index (χ4v) is 3.62. The Morgan fingerprint density at radius 3 is 2.26 bits per heavy atom. The van der Waals surface area contributed by atoms with E-state index in [1.165, 1.54) is 36.4 Å². The van der Waals surface area contributed by atoms with Crippen molar-refractivity contribution in [2.24, 2.45) is 0 Å².